The van der Waals surface area contributed by atoms with Gasteiger partial charge in [-0.2, -0.15) is 0 Å². The normalized spacial score (nSPS) is 18.7. The molecule has 1 aliphatic heterocycles. The minimum absolute atomic E-state index is 0.139. The molecule has 0 spiro atoms. The van der Waals surface area contributed by atoms with Crippen molar-refractivity contribution in [3.8, 4) is 0 Å². The Morgan fingerprint density at radius 2 is 1.95 bits per heavy atom. The Hall–Kier alpha value is -1.84. The Morgan fingerprint density at radius 1 is 1.25 bits per heavy atom. The number of piperidine rings is 1. The molecule has 0 amide bonds. The number of Topliss-reactive ketones (excluding diaryl/α,β-unsaturated/α-hetero) is 1. The van der Waals surface area contributed by atoms with Gasteiger partial charge in [0.2, 0.25) is 0 Å². The number of carbonyl (C=O) groups is 2. The van der Waals surface area contributed by atoms with E-state index in [4.69, 9.17) is 4.74 Å². The fraction of sp³-hybridized carbons (Fsp3) is 0.500. The molecular formula is C16H21NO3. The van der Waals surface area contributed by atoms with Crippen molar-refractivity contribution in [2.75, 3.05) is 18.6 Å². The first-order chi connectivity index (χ1) is 9.67. The summed E-state index contributed by atoms with van der Waals surface area (Å²) in [5, 5.41) is 0. The zero-order valence-corrected chi connectivity index (χ0v) is 12.1. The van der Waals surface area contributed by atoms with Crippen molar-refractivity contribution in [3.05, 3.63) is 29.8 Å². The second-order valence-corrected chi connectivity index (χ2v) is 5.05. The molecular weight excluding hydrogens is 254 g/mol. The lowest BCUT2D eigenvalue weighted by atomic mass is 10.0. The molecule has 1 saturated heterocycles. The standard InChI is InChI=1S/C16H21NO3/c1-3-15(18)12-7-9-13(10-8-12)17-11-5-4-6-14(17)16(19)20-2/h7-10,14H,3-6,11H2,1-2H3. The minimum atomic E-state index is -0.207. The van der Waals surface area contributed by atoms with E-state index in [0.717, 1.165) is 37.1 Å². The summed E-state index contributed by atoms with van der Waals surface area (Å²) in [4.78, 5) is 25.6. The quantitative estimate of drug-likeness (QED) is 0.626. The molecule has 1 aliphatic rings. The zero-order valence-electron chi connectivity index (χ0n) is 12.1. The average molecular weight is 275 g/mol. The van der Waals surface area contributed by atoms with Gasteiger partial charge in [0.1, 0.15) is 6.04 Å². The van der Waals surface area contributed by atoms with E-state index < -0.39 is 0 Å². The van der Waals surface area contributed by atoms with Crippen molar-refractivity contribution >= 4 is 17.4 Å². The van der Waals surface area contributed by atoms with Crippen LogP contribution in [-0.4, -0.2) is 31.4 Å². The molecule has 20 heavy (non-hydrogen) atoms. The number of anilines is 1. The van der Waals surface area contributed by atoms with Crippen LogP contribution < -0.4 is 4.90 Å². The lowest BCUT2D eigenvalue weighted by Gasteiger charge is -2.35. The Morgan fingerprint density at radius 3 is 2.55 bits per heavy atom. The lowest BCUT2D eigenvalue weighted by Crippen LogP contribution is -2.45. The number of hydrogen-bond donors (Lipinski definition) is 0. The van der Waals surface area contributed by atoms with Gasteiger partial charge in [0.25, 0.3) is 0 Å². The molecule has 1 atom stereocenters. The molecule has 108 valence electrons. The van der Waals surface area contributed by atoms with Gasteiger partial charge in [0.05, 0.1) is 7.11 Å². The van der Waals surface area contributed by atoms with Crippen LogP contribution in [0.4, 0.5) is 5.69 Å². The average Bonchev–Trinajstić information content (AvgIpc) is 2.53. The number of ketones is 1. The lowest BCUT2D eigenvalue weighted by molar-refractivity contribution is -0.142. The Balaban J connectivity index is 2.20. The largest absolute Gasteiger partial charge is 0.467 e. The van der Waals surface area contributed by atoms with Crippen molar-refractivity contribution in [1.29, 1.82) is 0 Å². The molecule has 0 N–H and O–H groups in total. The molecule has 0 aliphatic carbocycles. The fourth-order valence-electron chi connectivity index (χ4n) is 2.66. The van der Waals surface area contributed by atoms with Crippen molar-refractivity contribution in [2.24, 2.45) is 0 Å². The van der Waals surface area contributed by atoms with E-state index in [2.05, 4.69) is 4.90 Å². The fourth-order valence-corrected chi connectivity index (χ4v) is 2.66. The highest BCUT2D eigenvalue weighted by atomic mass is 16.5. The number of ether oxygens (including phenoxy) is 1. The van der Waals surface area contributed by atoms with Gasteiger partial charge < -0.3 is 9.64 Å². The maximum atomic E-state index is 11.9. The van der Waals surface area contributed by atoms with Crippen molar-refractivity contribution < 1.29 is 14.3 Å². The number of benzene rings is 1. The molecule has 4 nitrogen and oxygen atoms in total. The number of hydrogen-bond acceptors (Lipinski definition) is 4. The summed E-state index contributed by atoms with van der Waals surface area (Å²) in [7, 11) is 1.43. The predicted molar refractivity (Wildman–Crippen MR) is 78.1 cm³/mol. The van der Waals surface area contributed by atoms with Crippen LogP contribution in [0.3, 0.4) is 0 Å². The van der Waals surface area contributed by atoms with Crippen LogP contribution in [0.2, 0.25) is 0 Å². The predicted octanol–water partition coefficient (Wildman–Crippen LogP) is 2.81. The van der Waals surface area contributed by atoms with Gasteiger partial charge >= 0.3 is 5.97 Å². The Bertz CT molecular complexity index is 481. The third-order valence-corrected chi connectivity index (χ3v) is 3.82. The highest BCUT2D eigenvalue weighted by Gasteiger charge is 2.29. The van der Waals surface area contributed by atoms with Gasteiger partial charge in [0, 0.05) is 24.2 Å². The van der Waals surface area contributed by atoms with E-state index in [-0.39, 0.29) is 17.8 Å². The smallest absolute Gasteiger partial charge is 0.328 e. The zero-order chi connectivity index (χ0) is 14.5. The third kappa shape index (κ3) is 3.00. The van der Waals surface area contributed by atoms with Crippen LogP contribution in [0.15, 0.2) is 24.3 Å². The maximum Gasteiger partial charge on any atom is 0.328 e. The van der Waals surface area contributed by atoms with Gasteiger partial charge in [-0.3, -0.25) is 4.79 Å². The third-order valence-electron chi connectivity index (χ3n) is 3.82. The molecule has 0 bridgehead atoms. The highest BCUT2D eigenvalue weighted by molar-refractivity contribution is 5.96. The summed E-state index contributed by atoms with van der Waals surface area (Å²) >= 11 is 0. The van der Waals surface area contributed by atoms with Gasteiger partial charge in [-0.15, -0.1) is 0 Å². The van der Waals surface area contributed by atoms with E-state index in [1.54, 1.807) is 0 Å². The summed E-state index contributed by atoms with van der Waals surface area (Å²) in [6, 6.07) is 7.31. The summed E-state index contributed by atoms with van der Waals surface area (Å²) in [6.07, 6.45) is 3.45. The second-order valence-electron chi connectivity index (χ2n) is 5.05. The first kappa shape index (κ1) is 14.6. The second kappa shape index (κ2) is 6.55. The summed E-state index contributed by atoms with van der Waals surface area (Å²) in [6.45, 7) is 2.70. The molecule has 1 unspecified atom stereocenters. The first-order valence-corrected chi connectivity index (χ1v) is 7.15. The number of carbonyl (C=O) groups excluding carboxylic acids is 2. The molecule has 1 aromatic carbocycles. The topological polar surface area (TPSA) is 46.6 Å². The van der Waals surface area contributed by atoms with Gasteiger partial charge in [-0.1, -0.05) is 6.92 Å². The van der Waals surface area contributed by atoms with E-state index in [9.17, 15) is 9.59 Å². The Kier molecular flexibility index (Phi) is 4.77. The molecule has 2 rings (SSSR count). The summed E-state index contributed by atoms with van der Waals surface area (Å²) < 4.78 is 4.89. The molecule has 1 aromatic rings. The molecule has 0 radical (unpaired) electrons. The number of esters is 1. The monoisotopic (exact) mass is 275 g/mol. The van der Waals surface area contributed by atoms with Crippen molar-refractivity contribution in [1.82, 2.24) is 0 Å². The van der Waals surface area contributed by atoms with E-state index in [1.807, 2.05) is 31.2 Å². The summed E-state index contributed by atoms with van der Waals surface area (Å²) in [5.74, 6) is -0.0434. The molecule has 1 fully saturated rings. The number of methoxy groups -OCH3 is 1. The van der Waals surface area contributed by atoms with Gasteiger partial charge in [-0.25, -0.2) is 4.79 Å². The minimum Gasteiger partial charge on any atom is -0.467 e. The van der Waals surface area contributed by atoms with E-state index in [0.29, 0.717) is 6.42 Å². The van der Waals surface area contributed by atoms with Crippen LogP contribution in [0.5, 0.6) is 0 Å². The molecule has 0 saturated carbocycles. The van der Waals surface area contributed by atoms with Crippen LogP contribution >= 0.6 is 0 Å². The van der Waals surface area contributed by atoms with E-state index in [1.165, 1.54) is 7.11 Å². The Labute approximate surface area is 119 Å². The SMILES string of the molecule is CCC(=O)c1ccc(N2CCCCC2C(=O)OC)cc1. The van der Waals surface area contributed by atoms with Crippen molar-refractivity contribution in [3.63, 3.8) is 0 Å². The van der Waals surface area contributed by atoms with Gasteiger partial charge in [0.15, 0.2) is 5.78 Å². The maximum absolute atomic E-state index is 11.9. The molecule has 1 heterocycles. The van der Waals surface area contributed by atoms with Gasteiger partial charge in [-0.05, 0) is 43.5 Å². The molecule has 4 heteroatoms. The van der Waals surface area contributed by atoms with Crippen molar-refractivity contribution in [2.45, 2.75) is 38.6 Å². The summed E-state index contributed by atoms with van der Waals surface area (Å²) in [5.41, 5.74) is 1.70. The van der Waals surface area contributed by atoms with E-state index >= 15 is 0 Å². The number of nitrogens with zero attached hydrogens (tertiary/aromatic N) is 1. The van der Waals surface area contributed by atoms with Crippen LogP contribution in [0.1, 0.15) is 43.0 Å². The highest BCUT2D eigenvalue weighted by Crippen LogP contribution is 2.26. The van der Waals surface area contributed by atoms with Crippen LogP contribution in [0, 0.1) is 0 Å². The van der Waals surface area contributed by atoms with Crippen LogP contribution in [0.25, 0.3) is 0 Å². The first-order valence-electron chi connectivity index (χ1n) is 7.15. The van der Waals surface area contributed by atoms with Crippen LogP contribution in [-0.2, 0) is 9.53 Å². The molecule has 0 aromatic heterocycles. The number of rotatable bonds is 4.